The summed E-state index contributed by atoms with van der Waals surface area (Å²) in [6.07, 6.45) is 1.40. The Morgan fingerprint density at radius 3 is 2.89 bits per heavy atom. The first kappa shape index (κ1) is 11.5. The van der Waals surface area contributed by atoms with Crippen LogP contribution in [0.25, 0.3) is 11.0 Å². The zero-order chi connectivity index (χ0) is 12.5. The van der Waals surface area contributed by atoms with Crippen molar-refractivity contribution in [3.05, 3.63) is 29.0 Å². The van der Waals surface area contributed by atoms with Gasteiger partial charge in [0.1, 0.15) is 11.0 Å². The van der Waals surface area contributed by atoms with E-state index in [2.05, 4.69) is 22.8 Å². The second-order valence-electron chi connectivity index (χ2n) is 3.30. The fourth-order valence-corrected chi connectivity index (χ4v) is 2.54. The summed E-state index contributed by atoms with van der Waals surface area (Å²) in [5.41, 5.74) is 1.96. The number of benzene rings is 1. The Balaban J connectivity index is 2.02. The molecule has 1 amide bonds. The molecule has 0 saturated carbocycles. The Morgan fingerprint density at radius 1 is 1.22 bits per heavy atom. The highest BCUT2D eigenvalue weighted by molar-refractivity contribution is 7.00. The van der Waals surface area contributed by atoms with Crippen LogP contribution in [0.5, 0.6) is 0 Å². The minimum atomic E-state index is -0.369. The zero-order valence-electron chi connectivity index (χ0n) is 8.62. The molecule has 0 spiro atoms. The van der Waals surface area contributed by atoms with Gasteiger partial charge < -0.3 is 5.32 Å². The van der Waals surface area contributed by atoms with Crippen molar-refractivity contribution in [1.29, 1.82) is 0 Å². The quantitative estimate of drug-likeness (QED) is 0.786. The molecule has 2 aromatic heterocycles. The molecule has 1 N–H and O–H groups in total. The number of carbonyl (C=O) groups excluding carboxylic acids is 1. The highest BCUT2D eigenvalue weighted by Crippen LogP contribution is 2.30. The highest BCUT2D eigenvalue weighted by atomic mass is 35.5. The summed E-state index contributed by atoms with van der Waals surface area (Å²) in [7, 11) is 0. The fourth-order valence-electron chi connectivity index (χ4n) is 1.39. The Labute approximate surface area is 114 Å². The third-order valence-corrected chi connectivity index (χ3v) is 3.55. The van der Waals surface area contributed by atoms with Crippen LogP contribution < -0.4 is 5.32 Å². The maximum atomic E-state index is 11.9. The summed E-state index contributed by atoms with van der Waals surface area (Å²) in [4.78, 5) is 11.9. The largest absolute Gasteiger partial charge is 0.317 e. The lowest BCUT2D eigenvalue weighted by molar-refractivity contribution is 0.102. The van der Waals surface area contributed by atoms with Crippen LogP contribution in [0.2, 0.25) is 5.02 Å². The van der Waals surface area contributed by atoms with Gasteiger partial charge in [0, 0.05) is 0 Å². The topological polar surface area (TPSA) is 80.7 Å². The molecule has 3 aromatic rings. The first-order valence-electron chi connectivity index (χ1n) is 4.75. The lowest BCUT2D eigenvalue weighted by Crippen LogP contribution is -2.12. The van der Waals surface area contributed by atoms with Crippen molar-refractivity contribution in [2.24, 2.45) is 0 Å². The lowest BCUT2D eigenvalue weighted by Gasteiger charge is -2.05. The average molecular weight is 298 g/mol. The molecule has 18 heavy (non-hydrogen) atoms. The minimum absolute atomic E-state index is 0.247. The molecule has 3 rings (SSSR count). The van der Waals surface area contributed by atoms with Gasteiger partial charge in [-0.2, -0.15) is 17.5 Å². The molecule has 0 radical (unpaired) electrons. The number of rotatable bonds is 2. The van der Waals surface area contributed by atoms with Gasteiger partial charge in [-0.25, -0.2) is 0 Å². The van der Waals surface area contributed by atoms with Crippen molar-refractivity contribution in [1.82, 2.24) is 17.5 Å². The van der Waals surface area contributed by atoms with Crippen LogP contribution >= 0.6 is 35.1 Å². The Bertz CT molecular complexity index is 711. The molecular weight excluding hydrogens is 294 g/mol. The maximum absolute atomic E-state index is 11.9. The molecule has 0 atom stereocenters. The van der Waals surface area contributed by atoms with Crippen LogP contribution in [0.15, 0.2) is 18.3 Å². The number of fused-ring (bicyclic) bond motifs is 1. The molecule has 0 aliphatic heterocycles. The summed E-state index contributed by atoms with van der Waals surface area (Å²) < 4.78 is 15.8. The molecule has 0 aliphatic rings. The Kier molecular flexibility index (Phi) is 2.90. The van der Waals surface area contributed by atoms with Gasteiger partial charge in [-0.3, -0.25) is 4.79 Å². The number of nitrogens with zero attached hydrogens (tertiary/aromatic N) is 4. The number of hydrogen-bond acceptors (Lipinski definition) is 7. The second kappa shape index (κ2) is 4.56. The number of anilines is 1. The van der Waals surface area contributed by atoms with E-state index in [1.807, 2.05) is 0 Å². The molecule has 90 valence electrons. The predicted octanol–water partition coefficient (Wildman–Crippen LogP) is 2.45. The van der Waals surface area contributed by atoms with Crippen LogP contribution in [-0.4, -0.2) is 23.4 Å². The average Bonchev–Trinajstić information content (AvgIpc) is 3.02. The van der Waals surface area contributed by atoms with E-state index in [4.69, 9.17) is 11.6 Å². The number of nitrogens with one attached hydrogen (secondary N) is 1. The summed E-state index contributed by atoms with van der Waals surface area (Å²) in [5.74, 6) is -0.369. The van der Waals surface area contributed by atoms with Crippen molar-refractivity contribution in [3.63, 3.8) is 0 Å². The molecule has 2 heterocycles. The number of halogens is 1. The van der Waals surface area contributed by atoms with Crippen molar-refractivity contribution in [2.75, 3.05) is 5.32 Å². The van der Waals surface area contributed by atoms with Gasteiger partial charge >= 0.3 is 0 Å². The van der Waals surface area contributed by atoms with E-state index >= 15 is 0 Å². The summed E-state index contributed by atoms with van der Waals surface area (Å²) in [6.45, 7) is 0. The van der Waals surface area contributed by atoms with Gasteiger partial charge in [-0.05, 0) is 12.1 Å². The van der Waals surface area contributed by atoms with Crippen LogP contribution in [-0.2, 0) is 0 Å². The molecule has 0 bridgehead atoms. The van der Waals surface area contributed by atoms with Gasteiger partial charge in [0.05, 0.1) is 40.4 Å². The minimum Gasteiger partial charge on any atom is -0.317 e. The van der Waals surface area contributed by atoms with E-state index in [0.29, 0.717) is 21.7 Å². The summed E-state index contributed by atoms with van der Waals surface area (Å²) >= 11 is 8.09. The molecule has 0 fully saturated rings. The first-order valence-corrected chi connectivity index (χ1v) is 6.59. The molecule has 6 nitrogen and oxygen atoms in total. The van der Waals surface area contributed by atoms with Gasteiger partial charge in [0.25, 0.3) is 5.91 Å². The molecule has 0 saturated heterocycles. The third kappa shape index (κ3) is 1.94. The van der Waals surface area contributed by atoms with Crippen LogP contribution in [0.1, 0.15) is 10.5 Å². The first-order chi connectivity index (χ1) is 8.75. The number of aromatic nitrogens is 4. The summed E-state index contributed by atoms with van der Waals surface area (Å²) in [5, 5.41) is 3.09. The molecule has 9 heteroatoms. The van der Waals surface area contributed by atoms with Gasteiger partial charge in [-0.15, -0.1) is 0 Å². The molecule has 1 aromatic carbocycles. The van der Waals surface area contributed by atoms with Crippen molar-refractivity contribution in [3.8, 4) is 0 Å². The van der Waals surface area contributed by atoms with Crippen molar-refractivity contribution in [2.45, 2.75) is 0 Å². The van der Waals surface area contributed by atoms with Gasteiger partial charge in [0.15, 0.2) is 5.69 Å². The number of amides is 1. The van der Waals surface area contributed by atoms with Crippen LogP contribution in [0, 0.1) is 0 Å². The predicted molar refractivity (Wildman–Crippen MR) is 70.3 cm³/mol. The van der Waals surface area contributed by atoms with Gasteiger partial charge in [-0.1, -0.05) is 11.6 Å². The van der Waals surface area contributed by atoms with E-state index < -0.39 is 0 Å². The number of hydrogen-bond donors (Lipinski definition) is 1. The Hall–Kier alpha value is -1.64. The van der Waals surface area contributed by atoms with Crippen molar-refractivity contribution < 1.29 is 4.79 Å². The maximum Gasteiger partial charge on any atom is 0.277 e. The van der Waals surface area contributed by atoms with E-state index in [1.54, 1.807) is 12.1 Å². The highest BCUT2D eigenvalue weighted by Gasteiger charge is 2.15. The SMILES string of the molecule is O=C(Nc1c(Cl)ccc2nsnc12)c1cnsn1. The summed E-state index contributed by atoms with van der Waals surface area (Å²) in [6, 6.07) is 3.42. The standard InChI is InChI=1S/C9H4ClN5OS2/c10-4-1-2-5-8(15-18-13-5)7(4)12-9(16)6-3-11-17-14-6/h1-3H,(H,12,16). The Morgan fingerprint density at radius 2 is 2.11 bits per heavy atom. The lowest BCUT2D eigenvalue weighted by atomic mass is 10.2. The monoisotopic (exact) mass is 297 g/mol. The smallest absolute Gasteiger partial charge is 0.277 e. The van der Waals surface area contributed by atoms with E-state index in [-0.39, 0.29) is 11.6 Å². The zero-order valence-corrected chi connectivity index (χ0v) is 11.0. The normalized spacial score (nSPS) is 10.7. The third-order valence-electron chi connectivity index (χ3n) is 2.21. The van der Waals surface area contributed by atoms with Crippen molar-refractivity contribution >= 4 is 57.7 Å². The second-order valence-corrected chi connectivity index (χ2v) is 4.79. The number of carbonyl (C=O) groups is 1. The van der Waals surface area contributed by atoms with E-state index in [9.17, 15) is 4.79 Å². The molecular formula is C9H4ClN5OS2. The van der Waals surface area contributed by atoms with E-state index in [0.717, 1.165) is 23.5 Å². The van der Waals surface area contributed by atoms with E-state index in [1.165, 1.54) is 6.20 Å². The fraction of sp³-hybridized carbons (Fsp3) is 0. The van der Waals surface area contributed by atoms with Crippen LogP contribution in [0.3, 0.4) is 0 Å². The van der Waals surface area contributed by atoms with Gasteiger partial charge in [0.2, 0.25) is 0 Å². The molecule has 0 aliphatic carbocycles. The molecule has 0 unspecified atom stereocenters. The van der Waals surface area contributed by atoms with Crippen LogP contribution in [0.4, 0.5) is 5.69 Å².